The molecule has 0 atom stereocenters. The molecule has 4 nitrogen and oxygen atoms in total. The number of hydrogen-bond donors (Lipinski definition) is 0. The van der Waals surface area contributed by atoms with E-state index in [0.717, 1.165) is 10.6 Å². The Morgan fingerprint density at radius 3 is 2.57 bits per heavy atom. The number of halogens is 3. The third-order valence-electron chi connectivity index (χ3n) is 3.35. The number of nitriles is 1. The molecule has 120 valence electrons. The van der Waals surface area contributed by atoms with Crippen LogP contribution in [-0.2, 0) is 10.9 Å². The summed E-state index contributed by atoms with van der Waals surface area (Å²) in [6.07, 6.45) is -2.64. The molecule has 0 radical (unpaired) electrons. The van der Waals surface area contributed by atoms with Crippen LogP contribution >= 0.6 is 0 Å². The molecule has 0 amide bonds. The zero-order valence-corrected chi connectivity index (χ0v) is 12.4. The third-order valence-corrected chi connectivity index (χ3v) is 3.35. The van der Waals surface area contributed by atoms with Gasteiger partial charge >= 0.3 is 12.3 Å². The molecule has 0 saturated heterocycles. The number of alkyl halides is 3. The van der Waals surface area contributed by atoms with Crippen LogP contribution < -0.4 is 0 Å². The van der Waals surface area contributed by atoms with E-state index in [2.05, 4.69) is 0 Å². The Morgan fingerprint density at radius 1 is 1.30 bits per heavy atom. The lowest BCUT2D eigenvalue weighted by molar-refractivity contribution is -0.138. The van der Waals surface area contributed by atoms with Crippen molar-refractivity contribution in [3.05, 3.63) is 47.3 Å². The zero-order valence-electron chi connectivity index (χ0n) is 12.4. The van der Waals surface area contributed by atoms with E-state index in [1.54, 1.807) is 6.92 Å². The van der Waals surface area contributed by atoms with Crippen molar-refractivity contribution >= 4 is 6.09 Å². The fourth-order valence-electron chi connectivity index (χ4n) is 2.30. The van der Waals surface area contributed by atoms with E-state index in [9.17, 15) is 23.2 Å². The van der Waals surface area contributed by atoms with Crippen molar-refractivity contribution in [2.75, 3.05) is 6.61 Å². The molecular formula is C16H13F3N2O2. The van der Waals surface area contributed by atoms with Crippen LogP contribution in [0.2, 0.25) is 0 Å². The van der Waals surface area contributed by atoms with Gasteiger partial charge in [0.2, 0.25) is 0 Å². The summed E-state index contributed by atoms with van der Waals surface area (Å²) in [6.45, 7) is 3.11. The number of hydrogen-bond acceptors (Lipinski definition) is 3. The van der Waals surface area contributed by atoms with Crippen molar-refractivity contribution in [2.45, 2.75) is 20.0 Å². The highest BCUT2D eigenvalue weighted by atomic mass is 19.4. The van der Waals surface area contributed by atoms with Crippen molar-refractivity contribution in [1.29, 1.82) is 5.26 Å². The van der Waals surface area contributed by atoms with Gasteiger partial charge < -0.3 is 4.74 Å². The fourth-order valence-corrected chi connectivity index (χ4v) is 2.30. The van der Waals surface area contributed by atoms with Crippen LogP contribution in [0.5, 0.6) is 0 Å². The molecule has 0 unspecified atom stereocenters. The molecule has 0 aliphatic rings. The lowest BCUT2D eigenvalue weighted by Gasteiger charge is -2.13. The first-order valence-electron chi connectivity index (χ1n) is 6.76. The summed E-state index contributed by atoms with van der Waals surface area (Å²) in [5.74, 6) is 0. The summed E-state index contributed by atoms with van der Waals surface area (Å²) < 4.78 is 44.9. The Balaban J connectivity index is 2.59. The van der Waals surface area contributed by atoms with Gasteiger partial charge in [-0.3, -0.25) is 4.57 Å². The minimum atomic E-state index is -4.49. The number of nitrogens with zero attached hydrogens (tertiary/aromatic N) is 2. The molecule has 2 rings (SSSR count). The third kappa shape index (κ3) is 3.21. The molecule has 0 fully saturated rings. The van der Waals surface area contributed by atoms with Crippen molar-refractivity contribution in [1.82, 2.24) is 4.57 Å². The van der Waals surface area contributed by atoms with E-state index >= 15 is 0 Å². The molecule has 0 spiro atoms. The average molecular weight is 322 g/mol. The summed E-state index contributed by atoms with van der Waals surface area (Å²) in [6, 6.07) is 5.62. The molecule has 0 N–H and O–H groups in total. The molecule has 0 aliphatic heterocycles. The van der Waals surface area contributed by atoms with Gasteiger partial charge in [0.15, 0.2) is 0 Å². The maximum absolute atomic E-state index is 13.0. The molecule has 2 aromatic rings. The van der Waals surface area contributed by atoms with Gasteiger partial charge in [0.1, 0.15) is 6.07 Å². The van der Waals surface area contributed by atoms with Gasteiger partial charge in [-0.1, -0.05) is 12.1 Å². The van der Waals surface area contributed by atoms with Crippen molar-refractivity contribution in [3.8, 4) is 17.2 Å². The van der Waals surface area contributed by atoms with E-state index < -0.39 is 17.8 Å². The molecule has 0 aliphatic carbocycles. The predicted octanol–water partition coefficient (Wildman–Crippen LogP) is 4.36. The lowest BCUT2D eigenvalue weighted by Crippen LogP contribution is -2.11. The average Bonchev–Trinajstić information content (AvgIpc) is 2.90. The maximum Gasteiger partial charge on any atom is 0.417 e. The van der Waals surface area contributed by atoms with Gasteiger partial charge in [0.25, 0.3) is 0 Å². The number of aromatic nitrogens is 1. The first-order valence-corrected chi connectivity index (χ1v) is 6.76. The molecule has 0 bridgehead atoms. The van der Waals surface area contributed by atoms with Crippen LogP contribution in [0.4, 0.5) is 18.0 Å². The van der Waals surface area contributed by atoms with Crippen LogP contribution in [0.3, 0.4) is 0 Å². The summed E-state index contributed by atoms with van der Waals surface area (Å²) in [5.41, 5.74) is -0.176. The van der Waals surface area contributed by atoms with E-state index in [1.807, 2.05) is 6.07 Å². The van der Waals surface area contributed by atoms with E-state index in [4.69, 9.17) is 4.74 Å². The van der Waals surface area contributed by atoms with Gasteiger partial charge in [-0.05, 0) is 31.0 Å². The summed E-state index contributed by atoms with van der Waals surface area (Å²) in [4.78, 5) is 11.7. The van der Waals surface area contributed by atoms with E-state index in [1.165, 1.54) is 31.5 Å². The number of carbonyl (C=O) groups excluding carboxylic acids is 1. The van der Waals surface area contributed by atoms with Crippen molar-refractivity contribution in [2.24, 2.45) is 0 Å². The predicted molar refractivity (Wildman–Crippen MR) is 76.7 cm³/mol. The normalized spacial score (nSPS) is 11.1. The van der Waals surface area contributed by atoms with Gasteiger partial charge in [-0.15, -0.1) is 0 Å². The Hall–Kier alpha value is -2.75. The minimum absolute atomic E-state index is 0.00175. The number of benzene rings is 1. The van der Waals surface area contributed by atoms with E-state index in [0.29, 0.717) is 0 Å². The monoisotopic (exact) mass is 322 g/mol. The molecular weight excluding hydrogens is 309 g/mol. The zero-order chi connectivity index (χ0) is 17.2. The standard InChI is InChI=1S/C16H13F3N2O2/c1-3-23-15(22)21-8-11(7-20)13(9-21)12-5-4-6-14(10(12)2)16(17,18)19/h4-6,8-9H,3H2,1-2H3. The highest BCUT2D eigenvalue weighted by molar-refractivity contribution is 5.79. The minimum Gasteiger partial charge on any atom is -0.449 e. The van der Waals surface area contributed by atoms with Gasteiger partial charge in [-0.25, -0.2) is 4.79 Å². The van der Waals surface area contributed by atoms with Crippen molar-refractivity contribution < 1.29 is 22.7 Å². The molecule has 23 heavy (non-hydrogen) atoms. The highest BCUT2D eigenvalue weighted by Gasteiger charge is 2.33. The van der Waals surface area contributed by atoms with Crippen molar-refractivity contribution in [3.63, 3.8) is 0 Å². The largest absolute Gasteiger partial charge is 0.449 e. The van der Waals surface area contributed by atoms with Crippen LogP contribution in [0.25, 0.3) is 11.1 Å². The van der Waals surface area contributed by atoms with Crippen LogP contribution in [0.1, 0.15) is 23.6 Å². The lowest BCUT2D eigenvalue weighted by atomic mass is 9.96. The molecule has 7 heteroatoms. The SMILES string of the molecule is CCOC(=O)n1cc(C#N)c(-c2cccc(C(F)(F)F)c2C)c1. The van der Waals surface area contributed by atoms with Gasteiger partial charge in [0.05, 0.1) is 17.7 Å². The number of ether oxygens (including phenoxy) is 1. The van der Waals surface area contributed by atoms with Crippen LogP contribution in [0, 0.1) is 18.3 Å². The smallest absolute Gasteiger partial charge is 0.417 e. The molecule has 1 aromatic heterocycles. The molecule has 1 heterocycles. The Kier molecular flexibility index (Phi) is 4.45. The molecule has 1 aromatic carbocycles. The summed E-state index contributed by atoms with van der Waals surface area (Å²) >= 11 is 0. The maximum atomic E-state index is 13.0. The Bertz CT molecular complexity index is 786. The van der Waals surface area contributed by atoms with E-state index in [-0.39, 0.29) is 28.9 Å². The van der Waals surface area contributed by atoms with Gasteiger partial charge in [0, 0.05) is 18.0 Å². The number of rotatable bonds is 2. The Morgan fingerprint density at radius 2 is 2.00 bits per heavy atom. The number of carbonyl (C=O) groups is 1. The second-order valence-corrected chi connectivity index (χ2v) is 4.78. The Labute approximate surface area is 130 Å². The fraction of sp³-hybridized carbons (Fsp3) is 0.250. The quantitative estimate of drug-likeness (QED) is 0.825. The van der Waals surface area contributed by atoms with Crippen LogP contribution in [-0.4, -0.2) is 17.3 Å². The molecule has 0 saturated carbocycles. The van der Waals surface area contributed by atoms with Gasteiger partial charge in [-0.2, -0.15) is 18.4 Å². The second-order valence-electron chi connectivity index (χ2n) is 4.78. The summed E-state index contributed by atoms with van der Waals surface area (Å²) in [7, 11) is 0. The highest BCUT2D eigenvalue weighted by Crippen LogP contribution is 2.37. The van der Waals surface area contributed by atoms with Crippen LogP contribution in [0.15, 0.2) is 30.6 Å². The first-order chi connectivity index (χ1) is 10.8. The second kappa shape index (κ2) is 6.16. The first kappa shape index (κ1) is 16.6. The summed E-state index contributed by atoms with van der Waals surface area (Å²) in [5, 5.41) is 9.19. The topological polar surface area (TPSA) is 55.0 Å².